The minimum Gasteiger partial charge on any atom is -0.508 e. The summed E-state index contributed by atoms with van der Waals surface area (Å²) >= 11 is 0. The van der Waals surface area contributed by atoms with Gasteiger partial charge in [-0.05, 0) is 24.1 Å². The van der Waals surface area contributed by atoms with E-state index < -0.39 is 60.4 Å². The summed E-state index contributed by atoms with van der Waals surface area (Å²) in [7, 11) is 0. The lowest BCUT2D eigenvalue weighted by Gasteiger charge is -2.25. The molecule has 1 aromatic heterocycles. The number of carbonyl (C=O) groups is 5. The molecule has 1 heterocycles. The third kappa shape index (κ3) is 9.51. The monoisotopic (exact) mass is 533 g/mol. The number of hydrogen-bond acceptors (Lipinski definition) is 9. The SMILES string of the molecule is NC(=O)CCC(NC(=O)C(Cc1ccc(O)cc1)NC(=O)C(N)Cc1cnc[nH]1)C(=O)NC(CO)C(=O)O. The fraction of sp³-hybridized carbons (Fsp3) is 0.391. The van der Waals surface area contributed by atoms with E-state index in [-0.39, 0.29) is 31.4 Å². The number of benzene rings is 1. The molecule has 2 aromatic rings. The van der Waals surface area contributed by atoms with Crippen molar-refractivity contribution in [3.8, 4) is 5.75 Å². The maximum absolute atomic E-state index is 13.2. The van der Waals surface area contributed by atoms with Crippen molar-refractivity contribution in [3.05, 3.63) is 48.0 Å². The second-order valence-electron chi connectivity index (χ2n) is 8.47. The number of aromatic amines is 1. The minimum atomic E-state index is -1.65. The van der Waals surface area contributed by atoms with Gasteiger partial charge in [0.15, 0.2) is 0 Å². The van der Waals surface area contributed by atoms with Crippen LogP contribution in [0, 0.1) is 0 Å². The number of carbonyl (C=O) groups excluding carboxylic acids is 4. The molecule has 0 aliphatic carbocycles. The standard InChI is InChI=1S/C23H31N7O8/c24-15(8-13-9-26-11-27-13)20(34)29-17(7-12-1-3-14(32)4-2-12)22(36)28-16(5-6-19(25)33)21(35)30-18(10-31)23(37)38/h1-4,9,11,15-18,31-32H,5-8,10,24H2,(H2,25,33)(H,26,27)(H,28,36)(H,29,34)(H,30,35)(H,37,38). The van der Waals surface area contributed by atoms with Crippen molar-refractivity contribution in [2.75, 3.05) is 6.61 Å². The number of aromatic nitrogens is 2. The van der Waals surface area contributed by atoms with E-state index in [2.05, 4.69) is 25.9 Å². The topological polar surface area (TPSA) is 263 Å². The van der Waals surface area contributed by atoms with Crippen molar-refractivity contribution >= 4 is 29.6 Å². The van der Waals surface area contributed by atoms with Crippen molar-refractivity contribution in [3.63, 3.8) is 0 Å². The van der Waals surface area contributed by atoms with Crippen LogP contribution in [-0.2, 0) is 36.8 Å². The lowest BCUT2D eigenvalue weighted by atomic mass is 10.0. The molecule has 4 atom stereocenters. The van der Waals surface area contributed by atoms with E-state index in [1.165, 1.54) is 36.8 Å². The van der Waals surface area contributed by atoms with Crippen LogP contribution in [0.25, 0.3) is 0 Å². The number of H-pyrrole nitrogens is 1. The zero-order chi connectivity index (χ0) is 28.2. The number of hydrogen-bond donors (Lipinski definition) is 9. The molecule has 2 rings (SSSR count). The number of amides is 4. The molecule has 0 spiro atoms. The third-order valence-corrected chi connectivity index (χ3v) is 5.45. The van der Waals surface area contributed by atoms with Gasteiger partial charge in [-0.3, -0.25) is 19.2 Å². The molecule has 4 unspecified atom stereocenters. The van der Waals surface area contributed by atoms with E-state index in [9.17, 15) is 34.2 Å². The number of nitrogens with zero attached hydrogens (tertiary/aromatic N) is 1. The molecule has 1 aromatic carbocycles. The number of imidazole rings is 1. The van der Waals surface area contributed by atoms with E-state index in [1.54, 1.807) is 0 Å². The van der Waals surface area contributed by atoms with Crippen molar-refractivity contribution < 1.29 is 39.3 Å². The number of aromatic hydroxyl groups is 1. The molecule has 0 aliphatic rings. The van der Waals surface area contributed by atoms with Crippen molar-refractivity contribution in [1.29, 1.82) is 0 Å². The molecule has 206 valence electrons. The highest BCUT2D eigenvalue weighted by molar-refractivity contribution is 5.94. The summed E-state index contributed by atoms with van der Waals surface area (Å²) in [6.45, 7) is -0.911. The van der Waals surface area contributed by atoms with E-state index in [1.807, 2.05) is 0 Å². The van der Waals surface area contributed by atoms with Crippen LogP contribution in [0.1, 0.15) is 24.1 Å². The number of rotatable bonds is 15. The number of aliphatic carboxylic acids is 1. The van der Waals surface area contributed by atoms with Gasteiger partial charge >= 0.3 is 5.97 Å². The van der Waals surface area contributed by atoms with Crippen LogP contribution in [0.2, 0.25) is 0 Å². The molecule has 0 radical (unpaired) electrons. The summed E-state index contributed by atoms with van der Waals surface area (Å²) in [6.07, 6.45) is 2.35. The first-order valence-electron chi connectivity index (χ1n) is 11.5. The molecular weight excluding hydrogens is 502 g/mol. The van der Waals surface area contributed by atoms with Gasteiger partial charge in [0.05, 0.1) is 19.0 Å². The quantitative estimate of drug-likeness (QED) is 0.112. The summed E-state index contributed by atoms with van der Waals surface area (Å²) in [5.41, 5.74) is 12.3. The normalized spacial score (nSPS) is 13.9. The Bertz CT molecular complexity index is 1110. The third-order valence-electron chi connectivity index (χ3n) is 5.45. The van der Waals surface area contributed by atoms with Crippen LogP contribution < -0.4 is 27.4 Å². The molecule has 38 heavy (non-hydrogen) atoms. The molecule has 0 bridgehead atoms. The molecule has 15 heteroatoms. The van der Waals surface area contributed by atoms with Gasteiger partial charge in [-0.2, -0.15) is 0 Å². The summed E-state index contributed by atoms with van der Waals surface area (Å²) in [5, 5.41) is 34.9. The van der Waals surface area contributed by atoms with Gasteiger partial charge in [-0.15, -0.1) is 0 Å². The van der Waals surface area contributed by atoms with Crippen LogP contribution in [0.3, 0.4) is 0 Å². The van der Waals surface area contributed by atoms with Gasteiger partial charge in [0, 0.05) is 31.2 Å². The lowest BCUT2D eigenvalue weighted by molar-refractivity contribution is -0.143. The molecule has 11 N–H and O–H groups in total. The molecule has 15 nitrogen and oxygen atoms in total. The Hall–Kier alpha value is -4.50. The number of nitrogens with two attached hydrogens (primary N) is 2. The number of carboxylic acid groups (broad SMARTS) is 1. The van der Waals surface area contributed by atoms with Gasteiger partial charge in [0.25, 0.3) is 0 Å². The average molecular weight is 534 g/mol. The van der Waals surface area contributed by atoms with Gasteiger partial charge in [-0.1, -0.05) is 12.1 Å². The Labute approximate surface area is 217 Å². The summed E-state index contributed by atoms with van der Waals surface area (Å²) < 4.78 is 0. The number of carboxylic acids is 1. The summed E-state index contributed by atoms with van der Waals surface area (Å²) in [6, 6.07) is 0.465. The Morgan fingerprint density at radius 1 is 0.921 bits per heavy atom. The maximum Gasteiger partial charge on any atom is 0.328 e. The number of aliphatic hydroxyl groups is 1. The number of phenols is 1. The Balaban J connectivity index is 2.22. The zero-order valence-corrected chi connectivity index (χ0v) is 20.3. The predicted octanol–water partition coefficient (Wildman–Crippen LogP) is -2.98. The van der Waals surface area contributed by atoms with Crippen molar-refractivity contribution in [2.24, 2.45) is 11.5 Å². The highest BCUT2D eigenvalue weighted by Crippen LogP contribution is 2.12. The number of primary amides is 1. The highest BCUT2D eigenvalue weighted by atomic mass is 16.4. The Kier molecular flexibility index (Phi) is 11.2. The van der Waals surface area contributed by atoms with Gasteiger partial charge in [0.2, 0.25) is 23.6 Å². The Morgan fingerprint density at radius 2 is 1.53 bits per heavy atom. The van der Waals surface area contributed by atoms with Crippen LogP contribution in [0.5, 0.6) is 5.75 Å². The molecular formula is C23H31N7O8. The zero-order valence-electron chi connectivity index (χ0n) is 20.3. The van der Waals surface area contributed by atoms with E-state index in [0.29, 0.717) is 11.3 Å². The van der Waals surface area contributed by atoms with Crippen LogP contribution >= 0.6 is 0 Å². The van der Waals surface area contributed by atoms with E-state index in [4.69, 9.17) is 16.6 Å². The molecule has 0 saturated carbocycles. The second kappa shape index (κ2) is 14.3. The van der Waals surface area contributed by atoms with Crippen LogP contribution in [0.4, 0.5) is 0 Å². The molecule has 0 saturated heterocycles. The first kappa shape index (κ1) is 29.7. The Morgan fingerprint density at radius 3 is 2.08 bits per heavy atom. The largest absolute Gasteiger partial charge is 0.508 e. The fourth-order valence-corrected chi connectivity index (χ4v) is 3.37. The average Bonchev–Trinajstić information content (AvgIpc) is 3.38. The minimum absolute atomic E-state index is 0.0135. The van der Waals surface area contributed by atoms with Gasteiger partial charge in [0.1, 0.15) is 23.9 Å². The number of aliphatic hydroxyl groups excluding tert-OH is 1. The van der Waals surface area contributed by atoms with Crippen LogP contribution in [-0.4, -0.2) is 85.7 Å². The summed E-state index contributed by atoms with van der Waals surface area (Å²) in [5.74, 6) is -4.78. The van der Waals surface area contributed by atoms with Gasteiger partial charge < -0.3 is 47.7 Å². The number of nitrogens with one attached hydrogen (secondary N) is 4. The first-order valence-corrected chi connectivity index (χ1v) is 11.5. The maximum atomic E-state index is 13.2. The lowest BCUT2D eigenvalue weighted by Crippen LogP contribution is -2.58. The van der Waals surface area contributed by atoms with E-state index >= 15 is 0 Å². The molecule has 0 fully saturated rings. The van der Waals surface area contributed by atoms with Crippen molar-refractivity contribution in [1.82, 2.24) is 25.9 Å². The van der Waals surface area contributed by atoms with E-state index in [0.717, 1.165) is 0 Å². The number of phenolic OH excluding ortho intramolecular Hbond substituents is 1. The van der Waals surface area contributed by atoms with Crippen molar-refractivity contribution in [2.45, 2.75) is 49.9 Å². The molecule has 4 amide bonds. The van der Waals surface area contributed by atoms with Gasteiger partial charge in [-0.25, -0.2) is 9.78 Å². The fourth-order valence-electron chi connectivity index (χ4n) is 3.37. The second-order valence-corrected chi connectivity index (χ2v) is 8.47. The predicted molar refractivity (Wildman–Crippen MR) is 131 cm³/mol. The molecule has 0 aliphatic heterocycles. The summed E-state index contributed by atoms with van der Waals surface area (Å²) in [4.78, 5) is 67.9. The smallest absolute Gasteiger partial charge is 0.328 e. The first-order chi connectivity index (χ1) is 18.0. The van der Waals surface area contributed by atoms with Crippen LogP contribution in [0.15, 0.2) is 36.8 Å². The highest BCUT2D eigenvalue weighted by Gasteiger charge is 2.30.